The molecule has 2 aromatic heterocycles. The highest BCUT2D eigenvalue weighted by molar-refractivity contribution is 7.18. The van der Waals surface area contributed by atoms with Gasteiger partial charge in [0.15, 0.2) is 0 Å². The normalized spacial score (nSPS) is 13.1. The zero-order valence-corrected chi connectivity index (χ0v) is 15.0. The molecule has 0 saturated carbocycles. The summed E-state index contributed by atoms with van der Waals surface area (Å²) in [6.07, 6.45) is 0.437. The fraction of sp³-hybridized carbons (Fsp3) is 0.625. The summed E-state index contributed by atoms with van der Waals surface area (Å²) < 4.78 is 5.08. The molecule has 2 N–H and O–H groups in total. The highest BCUT2D eigenvalue weighted by Gasteiger charge is 2.15. The lowest BCUT2D eigenvalue weighted by Gasteiger charge is -2.23. The lowest BCUT2D eigenvalue weighted by molar-refractivity contribution is 0.109. The summed E-state index contributed by atoms with van der Waals surface area (Å²) in [7, 11) is 1.67. The Labute approximate surface area is 140 Å². The molecule has 1 atom stereocenters. The molecule has 0 spiro atoms. The van der Waals surface area contributed by atoms with Crippen LogP contribution in [0.25, 0.3) is 10.2 Å². The average molecular weight is 339 g/mol. The van der Waals surface area contributed by atoms with Crippen molar-refractivity contribution >= 4 is 21.6 Å². The van der Waals surface area contributed by atoms with Gasteiger partial charge in [0.1, 0.15) is 10.7 Å². The zero-order valence-electron chi connectivity index (χ0n) is 14.2. The molecule has 0 radical (unpaired) electrons. The van der Waals surface area contributed by atoms with Crippen LogP contribution in [0.5, 0.6) is 0 Å². The number of aliphatic hydroxyl groups is 1. The van der Waals surface area contributed by atoms with E-state index in [1.807, 2.05) is 13.8 Å². The Morgan fingerprint density at radius 1 is 1.43 bits per heavy atom. The van der Waals surface area contributed by atoms with Crippen LogP contribution < -0.4 is 5.56 Å². The van der Waals surface area contributed by atoms with Crippen LogP contribution in [0.15, 0.2) is 4.79 Å². The van der Waals surface area contributed by atoms with Crippen molar-refractivity contribution in [2.45, 2.75) is 39.8 Å². The number of rotatable bonds is 8. The molecule has 0 aliphatic carbocycles. The lowest BCUT2D eigenvalue weighted by Crippen LogP contribution is -2.33. The summed E-state index contributed by atoms with van der Waals surface area (Å²) in [6, 6.07) is 0. The number of hydrogen-bond donors (Lipinski definition) is 2. The van der Waals surface area contributed by atoms with Gasteiger partial charge in [-0.1, -0.05) is 0 Å². The molecule has 2 aromatic rings. The van der Waals surface area contributed by atoms with Gasteiger partial charge in [-0.25, -0.2) is 4.98 Å². The van der Waals surface area contributed by atoms with Crippen LogP contribution in [0.4, 0.5) is 0 Å². The molecule has 0 amide bonds. The molecule has 0 fully saturated rings. The monoisotopic (exact) mass is 339 g/mol. The number of methoxy groups -OCH3 is 1. The largest absolute Gasteiger partial charge is 0.392 e. The molecule has 23 heavy (non-hydrogen) atoms. The summed E-state index contributed by atoms with van der Waals surface area (Å²) in [5.41, 5.74) is 0.923. The number of hydrogen-bond acceptors (Lipinski definition) is 6. The maximum Gasteiger partial charge on any atom is 0.259 e. The summed E-state index contributed by atoms with van der Waals surface area (Å²) in [6.45, 7) is 8.21. The van der Waals surface area contributed by atoms with E-state index in [2.05, 4.69) is 14.9 Å². The second-order valence-electron chi connectivity index (χ2n) is 5.91. The highest BCUT2D eigenvalue weighted by Crippen LogP contribution is 2.25. The Balaban J connectivity index is 2.21. The number of nitrogens with zero attached hydrogens (tertiary/aromatic N) is 2. The number of ether oxygens (including phenoxy) is 1. The van der Waals surface area contributed by atoms with Gasteiger partial charge in [0.05, 0.1) is 18.0 Å². The number of nitrogens with one attached hydrogen (secondary N) is 1. The highest BCUT2D eigenvalue weighted by atomic mass is 32.1. The van der Waals surface area contributed by atoms with E-state index in [1.165, 1.54) is 0 Å². The number of thiophene rings is 1. The molecule has 0 bridgehead atoms. The standard InChI is InChI=1S/C16H25N3O3S/c1-10(20)8-19(6-5-7-22-4)9-13-17-15(21)14-11(2)12(3)23-16(14)18-13/h10,20H,5-9H2,1-4H3,(H,17,18,21). The molecule has 2 rings (SSSR count). The Morgan fingerprint density at radius 3 is 2.83 bits per heavy atom. The molecule has 0 aromatic carbocycles. The van der Waals surface area contributed by atoms with Gasteiger partial charge in [-0.15, -0.1) is 11.3 Å². The summed E-state index contributed by atoms with van der Waals surface area (Å²) in [4.78, 5) is 23.8. The van der Waals surface area contributed by atoms with E-state index < -0.39 is 6.10 Å². The quantitative estimate of drug-likeness (QED) is 0.717. The van der Waals surface area contributed by atoms with E-state index in [-0.39, 0.29) is 5.56 Å². The Bertz CT molecular complexity index is 708. The van der Waals surface area contributed by atoms with E-state index in [0.29, 0.717) is 30.9 Å². The molecule has 7 heteroatoms. The summed E-state index contributed by atoms with van der Waals surface area (Å²) in [5.74, 6) is 0.641. The maximum atomic E-state index is 12.3. The lowest BCUT2D eigenvalue weighted by atomic mass is 10.2. The number of aromatic amines is 1. The van der Waals surface area contributed by atoms with Crippen LogP contribution in [0.2, 0.25) is 0 Å². The number of fused-ring (bicyclic) bond motifs is 1. The fourth-order valence-electron chi connectivity index (χ4n) is 2.63. The third-order valence-corrected chi connectivity index (χ3v) is 4.91. The second kappa shape index (κ2) is 8.01. The van der Waals surface area contributed by atoms with E-state index >= 15 is 0 Å². The number of H-pyrrole nitrogens is 1. The summed E-state index contributed by atoms with van der Waals surface area (Å²) >= 11 is 1.55. The molecular formula is C16H25N3O3S. The van der Waals surface area contributed by atoms with Crippen molar-refractivity contribution < 1.29 is 9.84 Å². The molecular weight excluding hydrogens is 314 g/mol. The summed E-state index contributed by atoms with van der Waals surface area (Å²) in [5, 5.41) is 10.4. The van der Waals surface area contributed by atoms with Crippen LogP contribution in [0, 0.1) is 13.8 Å². The Hall–Kier alpha value is -1.28. The van der Waals surface area contributed by atoms with Crippen molar-refractivity contribution in [1.29, 1.82) is 0 Å². The van der Waals surface area contributed by atoms with Gasteiger partial charge in [-0.2, -0.15) is 0 Å². The van der Waals surface area contributed by atoms with Crippen LogP contribution in [0.3, 0.4) is 0 Å². The number of aliphatic hydroxyl groups excluding tert-OH is 1. The predicted octanol–water partition coefficient (Wildman–Crippen LogP) is 1.82. The maximum absolute atomic E-state index is 12.3. The van der Waals surface area contributed by atoms with Gasteiger partial charge in [0, 0.05) is 31.7 Å². The molecule has 0 aliphatic heterocycles. The van der Waals surface area contributed by atoms with Crippen molar-refractivity contribution in [3.05, 3.63) is 26.6 Å². The van der Waals surface area contributed by atoms with Crippen LogP contribution in [0.1, 0.15) is 29.6 Å². The van der Waals surface area contributed by atoms with E-state index in [0.717, 1.165) is 28.2 Å². The van der Waals surface area contributed by atoms with Crippen molar-refractivity contribution in [3.8, 4) is 0 Å². The zero-order chi connectivity index (χ0) is 17.0. The molecule has 2 heterocycles. The minimum atomic E-state index is -0.431. The third kappa shape index (κ3) is 4.60. The molecule has 6 nitrogen and oxygen atoms in total. The first-order valence-electron chi connectivity index (χ1n) is 7.80. The van der Waals surface area contributed by atoms with E-state index in [1.54, 1.807) is 25.4 Å². The van der Waals surface area contributed by atoms with Gasteiger partial charge >= 0.3 is 0 Å². The smallest absolute Gasteiger partial charge is 0.259 e. The van der Waals surface area contributed by atoms with Gasteiger partial charge in [-0.05, 0) is 32.8 Å². The first kappa shape index (κ1) is 18.1. The van der Waals surface area contributed by atoms with Crippen LogP contribution >= 0.6 is 11.3 Å². The minimum absolute atomic E-state index is 0.0826. The topological polar surface area (TPSA) is 78.5 Å². The number of aryl methyl sites for hydroxylation is 2. The van der Waals surface area contributed by atoms with Crippen LogP contribution in [-0.2, 0) is 11.3 Å². The first-order chi connectivity index (χ1) is 10.9. The minimum Gasteiger partial charge on any atom is -0.392 e. The number of aromatic nitrogens is 2. The second-order valence-corrected chi connectivity index (χ2v) is 7.11. The van der Waals surface area contributed by atoms with Gasteiger partial charge in [0.2, 0.25) is 0 Å². The Morgan fingerprint density at radius 2 is 2.17 bits per heavy atom. The van der Waals surface area contributed by atoms with Crippen molar-refractivity contribution in [3.63, 3.8) is 0 Å². The van der Waals surface area contributed by atoms with Gasteiger partial charge in [0.25, 0.3) is 5.56 Å². The van der Waals surface area contributed by atoms with Gasteiger partial charge < -0.3 is 14.8 Å². The Kier molecular flexibility index (Phi) is 6.29. The SMILES string of the molecule is COCCCN(Cc1nc2sc(C)c(C)c2c(=O)[nH]1)CC(C)O. The average Bonchev–Trinajstić information content (AvgIpc) is 2.73. The third-order valence-electron chi connectivity index (χ3n) is 3.81. The van der Waals surface area contributed by atoms with Crippen molar-refractivity contribution in [2.75, 3.05) is 26.8 Å². The van der Waals surface area contributed by atoms with E-state index in [9.17, 15) is 9.90 Å². The molecule has 1 unspecified atom stereocenters. The van der Waals surface area contributed by atoms with Gasteiger partial charge in [-0.3, -0.25) is 9.69 Å². The molecule has 0 aliphatic rings. The van der Waals surface area contributed by atoms with E-state index in [4.69, 9.17) is 4.74 Å². The van der Waals surface area contributed by atoms with Crippen molar-refractivity contribution in [1.82, 2.24) is 14.9 Å². The predicted molar refractivity (Wildman–Crippen MR) is 93.2 cm³/mol. The molecule has 0 saturated heterocycles. The molecule has 128 valence electrons. The van der Waals surface area contributed by atoms with Crippen LogP contribution in [-0.4, -0.2) is 52.9 Å². The fourth-order valence-corrected chi connectivity index (χ4v) is 3.68. The van der Waals surface area contributed by atoms with Crippen molar-refractivity contribution in [2.24, 2.45) is 0 Å². The first-order valence-corrected chi connectivity index (χ1v) is 8.62.